The third-order valence-electron chi connectivity index (χ3n) is 7.98. The smallest absolute Gasteiger partial charge is 0.256 e. The average Bonchev–Trinajstić information content (AvgIpc) is 3.34. The Morgan fingerprint density at radius 3 is 2.68 bits per heavy atom. The Labute approximate surface area is 221 Å². The normalized spacial score (nSPS) is 25.3. The second kappa shape index (κ2) is 9.58. The van der Waals surface area contributed by atoms with Crippen molar-refractivity contribution < 1.29 is 9.18 Å². The number of halogens is 1. The lowest BCUT2D eigenvalue weighted by Gasteiger charge is -2.40. The summed E-state index contributed by atoms with van der Waals surface area (Å²) in [6, 6.07) is 2.68. The first kappa shape index (κ1) is 24.7. The van der Waals surface area contributed by atoms with Crippen LogP contribution in [0.4, 0.5) is 4.39 Å². The van der Waals surface area contributed by atoms with Gasteiger partial charge in [-0.1, -0.05) is 0 Å². The first-order valence-corrected chi connectivity index (χ1v) is 13.4. The summed E-state index contributed by atoms with van der Waals surface area (Å²) in [6.45, 7) is 8.00. The number of carbonyl (C=O) groups excluding carboxylic acids is 1. The fraction of sp³-hybridized carbons (Fsp3) is 0.464. The van der Waals surface area contributed by atoms with Gasteiger partial charge in [-0.15, -0.1) is 0 Å². The third kappa shape index (κ3) is 4.36. The Morgan fingerprint density at radius 1 is 1.08 bits per heavy atom. The number of hydrazone groups is 1. The van der Waals surface area contributed by atoms with Crippen LogP contribution in [0.15, 0.2) is 45.9 Å². The molecule has 0 bridgehead atoms. The summed E-state index contributed by atoms with van der Waals surface area (Å²) < 4.78 is 14.6. The highest BCUT2D eigenvalue weighted by molar-refractivity contribution is 6.05. The van der Waals surface area contributed by atoms with Gasteiger partial charge in [-0.2, -0.15) is 5.10 Å². The second-order valence-electron chi connectivity index (χ2n) is 10.7. The van der Waals surface area contributed by atoms with Crippen molar-refractivity contribution in [3.63, 3.8) is 0 Å². The molecule has 0 aliphatic carbocycles. The highest BCUT2D eigenvalue weighted by Gasteiger charge is 2.36. The third-order valence-corrected chi connectivity index (χ3v) is 7.98. The van der Waals surface area contributed by atoms with Gasteiger partial charge < -0.3 is 15.5 Å². The Morgan fingerprint density at radius 2 is 1.89 bits per heavy atom. The number of rotatable bonds is 2. The van der Waals surface area contributed by atoms with Crippen LogP contribution in [0.1, 0.15) is 54.4 Å². The summed E-state index contributed by atoms with van der Waals surface area (Å²) in [5.41, 5.74) is 9.74. The summed E-state index contributed by atoms with van der Waals surface area (Å²) in [6.07, 6.45) is 9.67. The van der Waals surface area contributed by atoms with Crippen LogP contribution < -0.4 is 5.73 Å². The van der Waals surface area contributed by atoms with Gasteiger partial charge >= 0.3 is 0 Å². The van der Waals surface area contributed by atoms with E-state index in [1.807, 2.05) is 38.1 Å². The van der Waals surface area contributed by atoms with E-state index < -0.39 is 5.82 Å². The molecule has 1 unspecified atom stereocenters. The molecule has 2 fully saturated rings. The zero-order valence-corrected chi connectivity index (χ0v) is 22.1. The van der Waals surface area contributed by atoms with Crippen molar-refractivity contribution in [2.75, 3.05) is 19.6 Å². The van der Waals surface area contributed by atoms with Crippen LogP contribution in [0.3, 0.4) is 0 Å². The Balaban J connectivity index is 1.32. The highest BCUT2D eigenvalue weighted by Crippen LogP contribution is 2.32. The molecule has 4 aliphatic rings. The molecule has 1 aromatic carbocycles. The maximum atomic E-state index is 14.6. The lowest BCUT2D eigenvalue weighted by Crippen LogP contribution is -2.48. The molecular weight excluding hydrogens is 483 g/mol. The highest BCUT2D eigenvalue weighted by atomic mass is 19.1. The lowest BCUT2D eigenvalue weighted by molar-refractivity contribution is 0.0588. The van der Waals surface area contributed by atoms with E-state index in [4.69, 9.17) is 10.7 Å². The molecule has 6 rings (SSSR count). The number of piperidine rings is 1. The number of likely N-dealkylation sites (tertiary alicyclic amines) is 2. The van der Waals surface area contributed by atoms with Crippen molar-refractivity contribution in [3.05, 3.63) is 58.6 Å². The van der Waals surface area contributed by atoms with E-state index in [1.165, 1.54) is 12.1 Å². The molecule has 198 valence electrons. The lowest BCUT2D eigenvalue weighted by atomic mass is 9.89. The first-order valence-electron chi connectivity index (χ1n) is 13.4. The van der Waals surface area contributed by atoms with Crippen LogP contribution in [0, 0.1) is 25.6 Å². The quantitative estimate of drug-likeness (QED) is 0.656. The van der Waals surface area contributed by atoms with Crippen molar-refractivity contribution in [2.45, 2.75) is 58.5 Å². The van der Waals surface area contributed by atoms with E-state index in [9.17, 15) is 9.18 Å². The number of carbonyl (C=O) groups is 1. The molecule has 0 radical (unpaired) electrons. The van der Waals surface area contributed by atoms with E-state index in [2.05, 4.69) is 26.0 Å². The van der Waals surface area contributed by atoms with Gasteiger partial charge in [0.25, 0.3) is 5.91 Å². The number of hydrogen-bond acceptors (Lipinski definition) is 8. The zero-order chi connectivity index (χ0) is 26.6. The van der Waals surface area contributed by atoms with E-state index >= 15 is 0 Å². The minimum atomic E-state index is -0.489. The summed E-state index contributed by atoms with van der Waals surface area (Å²) in [4.78, 5) is 32.1. The number of amidine groups is 1. The predicted octanol–water partition coefficient (Wildman–Crippen LogP) is 3.49. The summed E-state index contributed by atoms with van der Waals surface area (Å²) >= 11 is 0. The van der Waals surface area contributed by atoms with Gasteiger partial charge in [0.2, 0.25) is 0 Å². The molecule has 3 atom stereocenters. The van der Waals surface area contributed by atoms with Crippen molar-refractivity contribution in [3.8, 4) is 0 Å². The van der Waals surface area contributed by atoms with E-state index in [0.717, 1.165) is 67.4 Å². The molecule has 1 amide bonds. The van der Waals surface area contributed by atoms with Gasteiger partial charge in [-0.05, 0) is 58.6 Å². The van der Waals surface area contributed by atoms with Crippen LogP contribution in [0.5, 0.6) is 0 Å². The van der Waals surface area contributed by atoms with Crippen molar-refractivity contribution in [1.82, 2.24) is 24.8 Å². The summed E-state index contributed by atoms with van der Waals surface area (Å²) in [5, 5.41) is 6.47. The van der Waals surface area contributed by atoms with Crippen LogP contribution in [0.2, 0.25) is 0 Å². The Hall–Kier alpha value is -3.66. The minimum Gasteiger partial charge on any atom is -0.355 e. The molecule has 2 aromatic rings. The summed E-state index contributed by atoms with van der Waals surface area (Å²) in [5.74, 6) is 0.864. The number of benzene rings is 1. The van der Waals surface area contributed by atoms with Crippen molar-refractivity contribution in [1.29, 1.82) is 0 Å². The minimum absolute atomic E-state index is 0.113. The number of hydrogen-bond donors (Lipinski definition) is 1. The molecule has 2 saturated heterocycles. The monoisotopic (exact) mass is 516 g/mol. The van der Waals surface area contributed by atoms with Gasteiger partial charge in [0, 0.05) is 61.7 Å². The van der Waals surface area contributed by atoms with Gasteiger partial charge in [0.1, 0.15) is 17.2 Å². The number of aryl methyl sites for hydroxylation is 2. The van der Waals surface area contributed by atoms with Crippen LogP contribution in [0.25, 0.3) is 11.0 Å². The van der Waals surface area contributed by atoms with Gasteiger partial charge in [-0.25, -0.2) is 24.4 Å². The number of amides is 1. The molecule has 1 aromatic heterocycles. The van der Waals surface area contributed by atoms with E-state index in [1.54, 1.807) is 5.01 Å². The molecule has 2 N–H and O–H groups in total. The molecule has 10 heteroatoms. The Kier molecular flexibility index (Phi) is 6.22. The number of fused-ring (bicyclic) bond motifs is 2. The zero-order valence-electron chi connectivity index (χ0n) is 22.1. The summed E-state index contributed by atoms with van der Waals surface area (Å²) in [7, 11) is 0. The predicted molar refractivity (Wildman–Crippen MR) is 145 cm³/mol. The Bertz CT molecular complexity index is 1430. The van der Waals surface area contributed by atoms with Crippen LogP contribution >= 0.6 is 0 Å². The molecule has 4 aliphatic heterocycles. The average molecular weight is 517 g/mol. The molecule has 0 spiro atoms. The first-order chi connectivity index (χ1) is 18.3. The van der Waals surface area contributed by atoms with Crippen molar-refractivity contribution in [2.24, 2.45) is 21.7 Å². The fourth-order valence-electron chi connectivity index (χ4n) is 5.86. The number of nitrogens with two attached hydrogens (primary N) is 1. The van der Waals surface area contributed by atoms with Gasteiger partial charge in [0.05, 0.1) is 22.5 Å². The van der Waals surface area contributed by atoms with E-state index in [0.29, 0.717) is 17.6 Å². The maximum absolute atomic E-state index is 14.6. The molecule has 5 heterocycles. The standard InChI is InChI=1S/C28H33FN8O/c1-16-14-37-25(34-27(16)35-9-7-21(30)15-35)10-19(13-31-37)24-6-4-5-8-36(24)28(38)22-11-20(29)12-23-26(22)33-18(3)17(2)32-23/h10-14,19,21,24H,4-9,15,30H2,1-3H3/t19?,21-,24-/m0/s1. The van der Waals surface area contributed by atoms with Gasteiger partial charge in [-0.3, -0.25) is 4.79 Å². The molecule has 0 saturated carbocycles. The largest absolute Gasteiger partial charge is 0.355 e. The van der Waals surface area contributed by atoms with Crippen LogP contribution in [-0.4, -0.2) is 74.5 Å². The molecular formula is C28H33FN8O. The number of aromatic nitrogens is 2. The van der Waals surface area contributed by atoms with E-state index in [-0.39, 0.29) is 29.5 Å². The number of aliphatic imine (C=N–C) groups is 1. The molecule has 9 nitrogen and oxygen atoms in total. The molecule has 38 heavy (non-hydrogen) atoms. The van der Waals surface area contributed by atoms with Crippen molar-refractivity contribution >= 4 is 29.0 Å². The SMILES string of the molecule is CC1=CN2N=CC([C@@H]3CCCCN3C(=O)c3cc(F)cc4nc(C)c(C)nc34)C=C2N=C1N1CC[C@H](N)C1. The van der Waals surface area contributed by atoms with Crippen LogP contribution in [-0.2, 0) is 0 Å². The fourth-order valence-corrected chi connectivity index (χ4v) is 5.86. The second-order valence-corrected chi connectivity index (χ2v) is 10.7. The number of nitrogens with zero attached hydrogens (tertiary/aromatic N) is 7. The topological polar surface area (TPSA) is 103 Å². The van der Waals surface area contributed by atoms with Gasteiger partial charge in [0.15, 0.2) is 5.82 Å². The maximum Gasteiger partial charge on any atom is 0.256 e.